The number of rotatable bonds is 2. The number of fused-ring (bicyclic) bond motifs is 8. The van der Waals surface area contributed by atoms with Crippen molar-refractivity contribution in [1.29, 1.82) is 0 Å². The first-order valence-electron chi connectivity index (χ1n) is 12.4. The van der Waals surface area contributed by atoms with Crippen molar-refractivity contribution >= 4 is 40.8 Å². The fourth-order valence-corrected chi connectivity index (χ4v) is 6.35. The summed E-state index contributed by atoms with van der Waals surface area (Å²) in [6, 6.07) is 16.3. The Morgan fingerprint density at radius 1 is 0.974 bits per heavy atom. The van der Waals surface area contributed by atoms with E-state index < -0.39 is 41.9 Å². The maximum absolute atomic E-state index is 13.9. The van der Waals surface area contributed by atoms with Crippen LogP contribution < -0.4 is 5.46 Å². The molecule has 0 unspecified atom stereocenters. The molecule has 0 saturated carbocycles. The van der Waals surface area contributed by atoms with E-state index in [1.54, 1.807) is 29.8 Å². The summed E-state index contributed by atoms with van der Waals surface area (Å²) < 4.78 is 14.1. The molecule has 9 heteroatoms. The molecule has 1 aliphatic heterocycles. The van der Waals surface area contributed by atoms with Crippen molar-refractivity contribution in [2.24, 2.45) is 7.05 Å². The number of aryl methyl sites for hydroxylation is 1. The quantitative estimate of drug-likeness (QED) is 0.279. The number of benzene rings is 3. The van der Waals surface area contributed by atoms with E-state index in [2.05, 4.69) is 0 Å². The van der Waals surface area contributed by atoms with Crippen molar-refractivity contribution < 1.29 is 33.9 Å². The second kappa shape index (κ2) is 7.66. The van der Waals surface area contributed by atoms with Crippen LogP contribution in [-0.2, 0) is 27.6 Å². The van der Waals surface area contributed by atoms with E-state index in [9.17, 15) is 24.6 Å². The molecule has 0 radical (unpaired) electrons. The average Bonchev–Trinajstić information content (AvgIpc) is 3.22. The van der Waals surface area contributed by atoms with Crippen LogP contribution in [0.3, 0.4) is 0 Å². The maximum atomic E-state index is 13.9. The third kappa shape index (κ3) is 2.80. The van der Waals surface area contributed by atoms with Gasteiger partial charge in [0.2, 0.25) is 11.6 Å². The van der Waals surface area contributed by atoms with Crippen molar-refractivity contribution in [2.75, 3.05) is 0 Å². The summed E-state index contributed by atoms with van der Waals surface area (Å²) in [6.45, 7) is 1.42. The first-order valence-corrected chi connectivity index (χ1v) is 12.4. The molecular formula is C29H22BNO7. The van der Waals surface area contributed by atoms with Crippen LogP contribution in [-0.4, -0.2) is 44.8 Å². The van der Waals surface area contributed by atoms with Gasteiger partial charge in [-0.15, -0.1) is 0 Å². The van der Waals surface area contributed by atoms with Crippen molar-refractivity contribution in [3.05, 3.63) is 88.1 Å². The van der Waals surface area contributed by atoms with Gasteiger partial charge >= 0.3 is 7.12 Å². The maximum Gasteiger partial charge on any atom is 0.495 e. The number of aromatic hydroxyl groups is 2. The number of ketones is 3. The van der Waals surface area contributed by atoms with Crippen LogP contribution in [0, 0.1) is 0 Å². The second-order valence-corrected chi connectivity index (χ2v) is 10.2. The smallest absolute Gasteiger partial charge is 0.495 e. The largest absolute Gasteiger partial charge is 0.507 e. The number of nitrogens with zero attached hydrogens (tertiary/aromatic N) is 1. The molecule has 2 N–H and O–H groups in total. The lowest BCUT2D eigenvalue weighted by molar-refractivity contribution is -0.144. The van der Waals surface area contributed by atoms with Crippen LogP contribution >= 0.6 is 0 Å². The molecule has 4 aromatic rings. The first kappa shape index (κ1) is 23.0. The molecule has 7 rings (SSSR count). The van der Waals surface area contributed by atoms with Gasteiger partial charge in [0.15, 0.2) is 5.78 Å². The molecule has 3 aliphatic rings. The predicted molar refractivity (Wildman–Crippen MR) is 138 cm³/mol. The molecule has 38 heavy (non-hydrogen) atoms. The summed E-state index contributed by atoms with van der Waals surface area (Å²) in [4.78, 5) is 40.7. The van der Waals surface area contributed by atoms with Gasteiger partial charge in [-0.1, -0.05) is 48.5 Å². The minimum absolute atomic E-state index is 0.0724. The van der Waals surface area contributed by atoms with Gasteiger partial charge in [-0.2, -0.15) is 0 Å². The Labute approximate surface area is 217 Å². The van der Waals surface area contributed by atoms with Crippen molar-refractivity contribution in [3.63, 3.8) is 0 Å². The summed E-state index contributed by atoms with van der Waals surface area (Å²) in [5.74, 6) is -2.20. The van der Waals surface area contributed by atoms with Gasteiger partial charge in [-0.25, -0.2) is 0 Å². The number of aromatic nitrogens is 1. The molecule has 1 saturated heterocycles. The monoisotopic (exact) mass is 507 g/mol. The van der Waals surface area contributed by atoms with E-state index in [0.717, 1.165) is 0 Å². The zero-order valence-corrected chi connectivity index (χ0v) is 20.6. The molecule has 1 aromatic heterocycles. The summed E-state index contributed by atoms with van der Waals surface area (Å²) >= 11 is 0. The zero-order chi connectivity index (χ0) is 26.5. The standard InChI is InChI=1S/C29H22BNO7/c1-14(32)29-12-17-20(19(13-29)37-30(38-29)15-8-4-3-5-9-15)26(34)23-22(25(17)33)28(36)24-21(27(23)35)16-10-6-7-11-18(16)31(24)2/h3-11,19,33-34H,12-13H2,1-2H3/t19-,29-/m0/s1. The first-order chi connectivity index (χ1) is 18.2. The highest BCUT2D eigenvalue weighted by molar-refractivity contribution is 6.61. The Hall–Kier alpha value is -4.21. The lowest BCUT2D eigenvalue weighted by Crippen LogP contribution is -2.58. The number of carbonyl (C=O) groups excluding carboxylic acids is 3. The van der Waals surface area contributed by atoms with Gasteiger partial charge in [-0.3, -0.25) is 14.4 Å². The number of phenols is 2. The van der Waals surface area contributed by atoms with E-state index in [1.807, 2.05) is 36.4 Å². The number of hydrogen-bond acceptors (Lipinski definition) is 7. The van der Waals surface area contributed by atoms with Gasteiger partial charge in [-0.05, 0) is 18.5 Å². The second-order valence-electron chi connectivity index (χ2n) is 10.2. The molecular weight excluding hydrogens is 485 g/mol. The fraction of sp³-hybridized carbons (Fsp3) is 0.207. The van der Waals surface area contributed by atoms with Gasteiger partial charge < -0.3 is 24.1 Å². The van der Waals surface area contributed by atoms with Gasteiger partial charge in [0.25, 0.3) is 0 Å². The molecule has 0 amide bonds. The van der Waals surface area contributed by atoms with Crippen molar-refractivity contribution in [3.8, 4) is 11.5 Å². The van der Waals surface area contributed by atoms with Crippen LogP contribution in [0.4, 0.5) is 0 Å². The predicted octanol–water partition coefficient (Wildman–Crippen LogP) is 3.12. The number of hydrogen-bond donors (Lipinski definition) is 2. The molecule has 2 atom stereocenters. The lowest BCUT2D eigenvalue weighted by atomic mass is 9.67. The molecule has 8 nitrogen and oxygen atoms in total. The fourth-order valence-electron chi connectivity index (χ4n) is 6.35. The van der Waals surface area contributed by atoms with Crippen LogP contribution in [0.2, 0.25) is 0 Å². The van der Waals surface area contributed by atoms with Gasteiger partial charge in [0.1, 0.15) is 22.8 Å². The van der Waals surface area contributed by atoms with Crippen LogP contribution in [0.5, 0.6) is 11.5 Å². The third-order valence-electron chi connectivity index (χ3n) is 8.23. The van der Waals surface area contributed by atoms with E-state index in [1.165, 1.54) is 6.92 Å². The Balaban J connectivity index is 1.46. The molecule has 2 heterocycles. The summed E-state index contributed by atoms with van der Waals surface area (Å²) in [6.07, 6.45) is -0.821. The number of phenolic OH excluding ortho intramolecular Hbond substituents is 2. The van der Waals surface area contributed by atoms with Crippen molar-refractivity contribution in [1.82, 2.24) is 4.57 Å². The minimum atomic E-state index is -1.33. The Kier molecular flexibility index (Phi) is 4.63. The minimum Gasteiger partial charge on any atom is -0.507 e. The highest BCUT2D eigenvalue weighted by Crippen LogP contribution is 2.54. The Bertz CT molecular complexity index is 1740. The topological polar surface area (TPSA) is 115 Å². The molecule has 2 bridgehead atoms. The third-order valence-corrected chi connectivity index (χ3v) is 8.23. The van der Waals surface area contributed by atoms with Crippen LogP contribution in [0.1, 0.15) is 62.5 Å². The van der Waals surface area contributed by atoms with Crippen molar-refractivity contribution in [2.45, 2.75) is 31.5 Å². The summed E-state index contributed by atoms with van der Waals surface area (Å²) in [5, 5.41) is 23.7. The van der Waals surface area contributed by atoms with E-state index >= 15 is 0 Å². The number of carbonyl (C=O) groups is 3. The highest BCUT2D eigenvalue weighted by atomic mass is 16.6. The average molecular weight is 507 g/mol. The summed E-state index contributed by atoms with van der Waals surface area (Å²) in [5.41, 5.74) is 0.284. The van der Waals surface area contributed by atoms with E-state index in [4.69, 9.17) is 9.31 Å². The van der Waals surface area contributed by atoms with Crippen LogP contribution in [0.25, 0.3) is 10.9 Å². The molecule has 0 spiro atoms. The number of Topliss-reactive ketones (excluding diaryl/α,β-unsaturated/α-hetero) is 1. The summed E-state index contributed by atoms with van der Waals surface area (Å²) in [7, 11) is 0.791. The van der Waals surface area contributed by atoms with Crippen LogP contribution in [0.15, 0.2) is 54.6 Å². The SMILES string of the molecule is CC(=O)[C@]12Cc3c(O)c4c(c(O)c3[C@H](C1)OB(c1ccccc1)O2)C(=O)c1c(n(C)c2ccccc12)C4=O. The normalized spacial score (nSPS) is 21.7. The Morgan fingerprint density at radius 2 is 1.66 bits per heavy atom. The molecule has 1 fully saturated rings. The highest BCUT2D eigenvalue weighted by Gasteiger charge is 2.55. The van der Waals surface area contributed by atoms with Gasteiger partial charge in [0, 0.05) is 41.9 Å². The van der Waals surface area contributed by atoms with Gasteiger partial charge in [0.05, 0.1) is 22.8 Å². The molecule has 188 valence electrons. The molecule has 2 aliphatic carbocycles. The van der Waals surface area contributed by atoms with E-state index in [0.29, 0.717) is 16.4 Å². The molecule has 3 aromatic carbocycles. The Morgan fingerprint density at radius 3 is 2.39 bits per heavy atom. The van der Waals surface area contributed by atoms with E-state index in [-0.39, 0.29) is 52.1 Å². The lowest BCUT2D eigenvalue weighted by Gasteiger charge is -2.47. The number of para-hydroxylation sites is 1. The zero-order valence-electron chi connectivity index (χ0n) is 20.6.